The lowest BCUT2D eigenvalue weighted by atomic mass is 10.1. The molecule has 0 radical (unpaired) electrons. The summed E-state index contributed by atoms with van der Waals surface area (Å²) in [6.45, 7) is 0. The highest BCUT2D eigenvalue weighted by molar-refractivity contribution is 9.10. The van der Waals surface area contributed by atoms with E-state index in [0.29, 0.717) is 11.1 Å². The lowest BCUT2D eigenvalue weighted by molar-refractivity contribution is 0.103. The Labute approximate surface area is 120 Å². The Balaban J connectivity index is 2.49. The van der Waals surface area contributed by atoms with Gasteiger partial charge in [-0.1, -0.05) is 23.2 Å². The third-order valence-electron chi connectivity index (χ3n) is 2.20. The number of nitrogen functional groups attached to an aromatic ring is 1. The van der Waals surface area contributed by atoms with E-state index in [1.54, 1.807) is 5.38 Å². The highest BCUT2D eigenvalue weighted by atomic mass is 79.9. The fourth-order valence-electron chi connectivity index (χ4n) is 1.31. The number of nitrogens with two attached hydrogens (primary N) is 1. The number of halogens is 3. The van der Waals surface area contributed by atoms with E-state index in [-0.39, 0.29) is 21.5 Å². The third-order valence-corrected chi connectivity index (χ3v) is 4.53. The zero-order valence-corrected chi connectivity index (χ0v) is 12.3. The number of carbonyl (C=O) groups excluding carboxylic acids is 1. The topological polar surface area (TPSA) is 43.1 Å². The molecule has 0 unspecified atom stereocenters. The summed E-state index contributed by atoms with van der Waals surface area (Å²) in [6.07, 6.45) is 0. The minimum atomic E-state index is -0.137. The molecular weight excluding hydrogens is 345 g/mol. The molecule has 17 heavy (non-hydrogen) atoms. The average Bonchev–Trinajstić information content (AvgIpc) is 2.70. The van der Waals surface area contributed by atoms with Crippen molar-refractivity contribution in [2.75, 3.05) is 5.73 Å². The maximum absolute atomic E-state index is 12.2. The molecule has 1 heterocycles. The van der Waals surface area contributed by atoms with E-state index in [1.807, 2.05) is 5.38 Å². The van der Waals surface area contributed by atoms with Gasteiger partial charge >= 0.3 is 0 Å². The van der Waals surface area contributed by atoms with Gasteiger partial charge in [0.15, 0.2) is 5.78 Å². The molecular formula is C11H6BrCl2NOS. The van der Waals surface area contributed by atoms with E-state index in [2.05, 4.69) is 15.9 Å². The minimum Gasteiger partial charge on any atom is -0.396 e. The zero-order chi connectivity index (χ0) is 12.6. The largest absolute Gasteiger partial charge is 0.396 e. The molecule has 0 aliphatic heterocycles. The van der Waals surface area contributed by atoms with Crippen LogP contribution in [0, 0.1) is 0 Å². The fourth-order valence-corrected chi connectivity index (χ4v) is 3.26. The molecule has 0 spiro atoms. The van der Waals surface area contributed by atoms with Crippen molar-refractivity contribution in [1.82, 2.24) is 0 Å². The molecule has 88 valence electrons. The normalized spacial score (nSPS) is 10.5. The van der Waals surface area contributed by atoms with Gasteiger partial charge in [0.1, 0.15) is 0 Å². The molecule has 0 bridgehead atoms. The first-order valence-corrected chi connectivity index (χ1v) is 7.00. The Morgan fingerprint density at radius 3 is 2.29 bits per heavy atom. The van der Waals surface area contributed by atoms with Gasteiger partial charge in [0.05, 0.1) is 15.7 Å². The van der Waals surface area contributed by atoms with Crippen molar-refractivity contribution in [3.8, 4) is 0 Å². The molecule has 0 saturated heterocycles. The van der Waals surface area contributed by atoms with Crippen molar-refractivity contribution in [2.45, 2.75) is 0 Å². The third kappa shape index (κ3) is 2.50. The molecule has 0 amide bonds. The summed E-state index contributed by atoms with van der Waals surface area (Å²) in [7, 11) is 0. The van der Waals surface area contributed by atoms with Crippen LogP contribution in [0.1, 0.15) is 15.9 Å². The van der Waals surface area contributed by atoms with Gasteiger partial charge in [-0.2, -0.15) is 11.3 Å². The van der Waals surface area contributed by atoms with E-state index in [1.165, 1.54) is 23.5 Å². The van der Waals surface area contributed by atoms with Crippen LogP contribution >= 0.6 is 50.5 Å². The summed E-state index contributed by atoms with van der Waals surface area (Å²) in [6, 6.07) is 3.05. The summed E-state index contributed by atoms with van der Waals surface area (Å²) >= 11 is 16.5. The van der Waals surface area contributed by atoms with Crippen LogP contribution in [0.2, 0.25) is 10.0 Å². The molecule has 1 aromatic heterocycles. The van der Waals surface area contributed by atoms with Crippen LogP contribution in [-0.2, 0) is 0 Å². The SMILES string of the molecule is Nc1c(Cl)cc(C(=O)c2cscc2Br)cc1Cl. The van der Waals surface area contributed by atoms with E-state index < -0.39 is 0 Å². The van der Waals surface area contributed by atoms with Gasteiger partial charge < -0.3 is 5.73 Å². The molecule has 1 aromatic carbocycles. The van der Waals surface area contributed by atoms with Gasteiger partial charge in [-0.3, -0.25) is 4.79 Å². The molecule has 2 aromatic rings. The molecule has 0 aliphatic carbocycles. The first kappa shape index (κ1) is 12.9. The van der Waals surface area contributed by atoms with Crippen molar-refractivity contribution in [2.24, 2.45) is 0 Å². The second-order valence-electron chi connectivity index (χ2n) is 3.32. The zero-order valence-electron chi connectivity index (χ0n) is 8.34. The van der Waals surface area contributed by atoms with Crippen LogP contribution in [-0.4, -0.2) is 5.78 Å². The first-order chi connectivity index (χ1) is 8.00. The predicted octanol–water partition coefficient (Wildman–Crippen LogP) is 4.63. The van der Waals surface area contributed by atoms with Crippen LogP contribution in [0.25, 0.3) is 0 Å². The lowest BCUT2D eigenvalue weighted by Crippen LogP contribution is -2.02. The van der Waals surface area contributed by atoms with E-state index in [4.69, 9.17) is 28.9 Å². The summed E-state index contributed by atoms with van der Waals surface area (Å²) < 4.78 is 0.761. The Kier molecular flexibility index (Phi) is 3.78. The smallest absolute Gasteiger partial charge is 0.195 e. The monoisotopic (exact) mass is 349 g/mol. The molecule has 0 atom stereocenters. The van der Waals surface area contributed by atoms with E-state index in [0.717, 1.165) is 4.47 Å². The van der Waals surface area contributed by atoms with Crippen LogP contribution in [0.15, 0.2) is 27.4 Å². The summed E-state index contributed by atoms with van der Waals surface area (Å²) in [5.41, 5.74) is 6.92. The van der Waals surface area contributed by atoms with Crippen molar-refractivity contribution < 1.29 is 4.79 Å². The highest BCUT2D eigenvalue weighted by Gasteiger charge is 2.16. The van der Waals surface area contributed by atoms with Gasteiger partial charge in [-0.25, -0.2) is 0 Å². The first-order valence-electron chi connectivity index (χ1n) is 4.51. The van der Waals surface area contributed by atoms with Crippen molar-refractivity contribution in [1.29, 1.82) is 0 Å². The number of hydrogen-bond acceptors (Lipinski definition) is 3. The van der Waals surface area contributed by atoms with Crippen LogP contribution < -0.4 is 5.73 Å². The Morgan fingerprint density at radius 1 is 1.24 bits per heavy atom. The molecule has 0 saturated carbocycles. The van der Waals surface area contributed by atoms with Gasteiger partial charge in [-0.05, 0) is 28.1 Å². The Bertz CT molecular complexity index is 574. The molecule has 2 nitrogen and oxygen atoms in total. The van der Waals surface area contributed by atoms with Crippen molar-refractivity contribution in [3.63, 3.8) is 0 Å². The van der Waals surface area contributed by atoms with Crippen molar-refractivity contribution in [3.05, 3.63) is 48.5 Å². The molecule has 0 aliphatic rings. The van der Waals surface area contributed by atoms with Gasteiger partial charge in [0.2, 0.25) is 0 Å². The van der Waals surface area contributed by atoms with Crippen molar-refractivity contribution >= 4 is 61.9 Å². The Hall–Kier alpha value is -0.550. The van der Waals surface area contributed by atoms with Crippen LogP contribution in [0.4, 0.5) is 5.69 Å². The van der Waals surface area contributed by atoms with Gasteiger partial charge in [-0.15, -0.1) is 0 Å². The second kappa shape index (κ2) is 4.98. The quantitative estimate of drug-likeness (QED) is 0.633. The van der Waals surface area contributed by atoms with Crippen LogP contribution in [0.5, 0.6) is 0 Å². The van der Waals surface area contributed by atoms with Gasteiger partial charge in [0.25, 0.3) is 0 Å². The number of ketones is 1. The number of benzene rings is 1. The number of thiophene rings is 1. The van der Waals surface area contributed by atoms with E-state index in [9.17, 15) is 4.79 Å². The van der Waals surface area contributed by atoms with Crippen LogP contribution in [0.3, 0.4) is 0 Å². The lowest BCUT2D eigenvalue weighted by Gasteiger charge is -2.05. The highest BCUT2D eigenvalue weighted by Crippen LogP contribution is 2.31. The second-order valence-corrected chi connectivity index (χ2v) is 5.73. The van der Waals surface area contributed by atoms with E-state index >= 15 is 0 Å². The number of anilines is 1. The number of carbonyl (C=O) groups is 1. The standard InChI is InChI=1S/C11H6BrCl2NOS/c12-7-4-17-3-6(7)11(16)5-1-8(13)10(15)9(14)2-5/h1-4H,15H2. The molecule has 2 N–H and O–H groups in total. The maximum Gasteiger partial charge on any atom is 0.195 e. The number of rotatable bonds is 2. The minimum absolute atomic E-state index is 0.137. The van der Waals surface area contributed by atoms with Gasteiger partial charge in [0, 0.05) is 26.4 Å². The maximum atomic E-state index is 12.2. The Morgan fingerprint density at radius 2 is 1.82 bits per heavy atom. The summed E-state index contributed by atoms with van der Waals surface area (Å²) in [5.74, 6) is -0.137. The number of hydrogen-bond donors (Lipinski definition) is 1. The molecule has 6 heteroatoms. The predicted molar refractivity (Wildman–Crippen MR) is 76.3 cm³/mol. The molecule has 0 fully saturated rings. The summed E-state index contributed by atoms with van der Waals surface area (Å²) in [4.78, 5) is 12.2. The fraction of sp³-hybridized carbons (Fsp3) is 0. The summed E-state index contributed by atoms with van der Waals surface area (Å²) in [5, 5.41) is 4.18. The molecule has 2 rings (SSSR count). The average molecular weight is 351 g/mol.